The summed E-state index contributed by atoms with van der Waals surface area (Å²) in [7, 11) is 0. The predicted octanol–water partition coefficient (Wildman–Crippen LogP) is 2.76. The van der Waals surface area contributed by atoms with E-state index >= 15 is 0 Å². The van der Waals surface area contributed by atoms with Crippen LogP contribution in [0.3, 0.4) is 0 Å². The minimum absolute atomic E-state index is 0.189. The van der Waals surface area contributed by atoms with E-state index in [1.54, 1.807) is 0 Å². The van der Waals surface area contributed by atoms with Crippen LogP contribution in [-0.2, 0) is 6.54 Å². The van der Waals surface area contributed by atoms with Gasteiger partial charge in [-0.05, 0) is 49.9 Å². The summed E-state index contributed by atoms with van der Waals surface area (Å²) in [6, 6.07) is 8.60. The molecular weight excluding hydrogens is 236 g/mol. The number of aromatic amines is 1. The molecule has 2 atom stereocenters. The van der Waals surface area contributed by atoms with Gasteiger partial charge in [0.1, 0.15) is 0 Å². The summed E-state index contributed by atoms with van der Waals surface area (Å²) in [6.45, 7) is 5.06. The molecule has 3 heteroatoms. The summed E-state index contributed by atoms with van der Waals surface area (Å²) in [5.41, 5.74) is 2.59. The van der Waals surface area contributed by atoms with Crippen LogP contribution < -0.4 is 0 Å². The smallest absolute Gasteiger partial charge is 0.0552 e. The van der Waals surface area contributed by atoms with Crippen molar-refractivity contribution < 1.29 is 5.11 Å². The number of likely N-dealkylation sites (tertiary alicyclic amines) is 1. The largest absolute Gasteiger partial charge is 0.393 e. The molecule has 2 aromatic rings. The molecule has 1 aliphatic heterocycles. The van der Waals surface area contributed by atoms with E-state index in [-0.39, 0.29) is 6.10 Å². The molecule has 0 saturated carbocycles. The van der Waals surface area contributed by atoms with E-state index < -0.39 is 0 Å². The van der Waals surface area contributed by atoms with Gasteiger partial charge in [-0.25, -0.2) is 0 Å². The van der Waals surface area contributed by atoms with E-state index in [0.29, 0.717) is 5.92 Å². The average Bonchev–Trinajstić information content (AvgIpc) is 2.88. The topological polar surface area (TPSA) is 39.3 Å². The number of piperidine rings is 1. The fourth-order valence-electron chi connectivity index (χ4n) is 3.16. The van der Waals surface area contributed by atoms with Gasteiger partial charge in [-0.1, -0.05) is 12.1 Å². The molecule has 1 aromatic carbocycles. The van der Waals surface area contributed by atoms with Gasteiger partial charge < -0.3 is 10.1 Å². The first kappa shape index (κ1) is 12.7. The maximum absolute atomic E-state index is 9.77. The van der Waals surface area contributed by atoms with Crippen LogP contribution in [-0.4, -0.2) is 34.2 Å². The van der Waals surface area contributed by atoms with Gasteiger partial charge in [-0.15, -0.1) is 0 Å². The Labute approximate surface area is 114 Å². The molecule has 0 aliphatic carbocycles. The van der Waals surface area contributed by atoms with Crippen LogP contribution >= 0.6 is 0 Å². The first-order valence-electron chi connectivity index (χ1n) is 7.19. The molecule has 1 saturated heterocycles. The third kappa shape index (κ3) is 2.67. The lowest BCUT2D eigenvalue weighted by Gasteiger charge is -2.34. The number of rotatable bonds is 3. The molecule has 19 heavy (non-hydrogen) atoms. The molecule has 2 N–H and O–H groups in total. The summed E-state index contributed by atoms with van der Waals surface area (Å²) < 4.78 is 0. The Bertz CT molecular complexity index is 546. The molecule has 2 unspecified atom stereocenters. The van der Waals surface area contributed by atoms with Crippen molar-refractivity contribution in [3.8, 4) is 0 Å². The summed E-state index contributed by atoms with van der Waals surface area (Å²) in [5, 5.41) is 11.1. The summed E-state index contributed by atoms with van der Waals surface area (Å²) in [4.78, 5) is 5.74. The van der Waals surface area contributed by atoms with Gasteiger partial charge in [0, 0.05) is 30.2 Å². The third-order valence-corrected chi connectivity index (χ3v) is 4.30. The quantitative estimate of drug-likeness (QED) is 0.888. The Morgan fingerprint density at radius 2 is 2.32 bits per heavy atom. The van der Waals surface area contributed by atoms with Crippen molar-refractivity contribution in [3.05, 3.63) is 36.0 Å². The third-order valence-electron chi connectivity index (χ3n) is 4.30. The molecule has 102 valence electrons. The number of hydrogen-bond donors (Lipinski definition) is 2. The lowest BCUT2D eigenvalue weighted by atomic mass is 9.93. The SMILES string of the molecule is CC(O)C1CCCN(Cc2cccc3[nH]ccc23)C1. The Kier molecular flexibility index (Phi) is 3.58. The molecular formula is C16H22N2O. The van der Waals surface area contributed by atoms with Crippen LogP contribution in [0.25, 0.3) is 10.9 Å². The highest BCUT2D eigenvalue weighted by atomic mass is 16.3. The highest BCUT2D eigenvalue weighted by Crippen LogP contribution is 2.24. The number of aliphatic hydroxyl groups excluding tert-OH is 1. The molecule has 0 bridgehead atoms. The van der Waals surface area contributed by atoms with Gasteiger partial charge in [0.05, 0.1) is 6.10 Å². The highest BCUT2D eigenvalue weighted by Gasteiger charge is 2.23. The van der Waals surface area contributed by atoms with E-state index in [0.717, 1.165) is 26.1 Å². The average molecular weight is 258 g/mol. The van der Waals surface area contributed by atoms with Crippen molar-refractivity contribution in [2.75, 3.05) is 13.1 Å². The summed E-state index contributed by atoms with van der Waals surface area (Å²) >= 11 is 0. The molecule has 1 aromatic heterocycles. The number of aromatic nitrogens is 1. The molecule has 1 fully saturated rings. The number of aliphatic hydroxyl groups is 1. The van der Waals surface area contributed by atoms with Gasteiger partial charge in [0.15, 0.2) is 0 Å². The van der Waals surface area contributed by atoms with Gasteiger partial charge in [-0.2, -0.15) is 0 Å². The highest BCUT2D eigenvalue weighted by molar-refractivity contribution is 5.82. The van der Waals surface area contributed by atoms with E-state index in [1.165, 1.54) is 22.9 Å². The number of nitrogens with zero attached hydrogens (tertiary/aromatic N) is 1. The lowest BCUT2D eigenvalue weighted by Crippen LogP contribution is -2.39. The zero-order valence-electron chi connectivity index (χ0n) is 11.5. The number of fused-ring (bicyclic) bond motifs is 1. The standard InChI is InChI=1S/C16H22N2O/c1-12(19)13-5-3-9-18(10-13)11-14-4-2-6-16-15(14)7-8-17-16/h2,4,6-8,12-13,17,19H,3,5,9-11H2,1H3. The molecule has 2 heterocycles. The van der Waals surface area contributed by atoms with Crippen molar-refractivity contribution in [1.29, 1.82) is 0 Å². The summed E-state index contributed by atoms with van der Waals surface area (Å²) in [5.74, 6) is 0.430. The Morgan fingerprint density at radius 1 is 1.42 bits per heavy atom. The van der Waals surface area contributed by atoms with Crippen molar-refractivity contribution in [2.45, 2.75) is 32.4 Å². The van der Waals surface area contributed by atoms with E-state index in [9.17, 15) is 5.11 Å². The number of H-pyrrole nitrogens is 1. The van der Waals surface area contributed by atoms with Crippen LogP contribution in [0, 0.1) is 5.92 Å². The van der Waals surface area contributed by atoms with Crippen molar-refractivity contribution in [2.24, 2.45) is 5.92 Å². The van der Waals surface area contributed by atoms with Crippen molar-refractivity contribution >= 4 is 10.9 Å². The Balaban J connectivity index is 1.75. The van der Waals surface area contributed by atoms with Gasteiger partial charge in [-0.3, -0.25) is 4.90 Å². The second-order valence-corrected chi connectivity index (χ2v) is 5.73. The fourth-order valence-corrected chi connectivity index (χ4v) is 3.16. The zero-order valence-corrected chi connectivity index (χ0v) is 11.5. The van der Waals surface area contributed by atoms with Crippen molar-refractivity contribution in [1.82, 2.24) is 9.88 Å². The maximum Gasteiger partial charge on any atom is 0.0552 e. The zero-order chi connectivity index (χ0) is 13.2. The maximum atomic E-state index is 9.77. The molecule has 3 rings (SSSR count). The Hall–Kier alpha value is -1.32. The monoisotopic (exact) mass is 258 g/mol. The molecule has 0 radical (unpaired) electrons. The number of nitrogens with one attached hydrogen (secondary N) is 1. The second-order valence-electron chi connectivity index (χ2n) is 5.73. The molecule has 3 nitrogen and oxygen atoms in total. The van der Waals surface area contributed by atoms with E-state index in [2.05, 4.69) is 34.1 Å². The number of hydrogen-bond acceptors (Lipinski definition) is 2. The number of benzene rings is 1. The Morgan fingerprint density at radius 3 is 3.16 bits per heavy atom. The molecule has 0 spiro atoms. The second kappa shape index (κ2) is 5.35. The fraction of sp³-hybridized carbons (Fsp3) is 0.500. The minimum atomic E-state index is -0.189. The van der Waals surface area contributed by atoms with Gasteiger partial charge >= 0.3 is 0 Å². The lowest BCUT2D eigenvalue weighted by molar-refractivity contribution is 0.0600. The normalized spacial score (nSPS) is 22.7. The van der Waals surface area contributed by atoms with E-state index in [1.807, 2.05) is 13.1 Å². The van der Waals surface area contributed by atoms with E-state index in [4.69, 9.17) is 0 Å². The minimum Gasteiger partial charge on any atom is -0.393 e. The van der Waals surface area contributed by atoms with Crippen LogP contribution in [0.4, 0.5) is 0 Å². The van der Waals surface area contributed by atoms with Crippen LogP contribution in [0.1, 0.15) is 25.3 Å². The molecule has 1 aliphatic rings. The van der Waals surface area contributed by atoms with Gasteiger partial charge in [0.2, 0.25) is 0 Å². The summed E-state index contributed by atoms with van der Waals surface area (Å²) in [6.07, 6.45) is 4.16. The van der Waals surface area contributed by atoms with Crippen molar-refractivity contribution in [3.63, 3.8) is 0 Å². The van der Waals surface area contributed by atoms with Gasteiger partial charge in [0.25, 0.3) is 0 Å². The predicted molar refractivity (Wildman–Crippen MR) is 78.0 cm³/mol. The van der Waals surface area contributed by atoms with Crippen LogP contribution in [0.15, 0.2) is 30.5 Å². The first-order valence-corrected chi connectivity index (χ1v) is 7.19. The van der Waals surface area contributed by atoms with Crippen LogP contribution in [0.2, 0.25) is 0 Å². The first-order chi connectivity index (χ1) is 9.24. The molecule has 0 amide bonds. The van der Waals surface area contributed by atoms with Crippen LogP contribution in [0.5, 0.6) is 0 Å².